The molecule has 1 heterocycles. The van der Waals surface area contributed by atoms with E-state index in [0.717, 1.165) is 0 Å². The van der Waals surface area contributed by atoms with Gasteiger partial charge in [0, 0.05) is 19.3 Å². The van der Waals surface area contributed by atoms with E-state index in [9.17, 15) is 9.59 Å². The van der Waals surface area contributed by atoms with Crippen molar-refractivity contribution in [3.05, 3.63) is 18.3 Å². The average molecular weight is 253 g/mol. The summed E-state index contributed by atoms with van der Waals surface area (Å²) in [5, 5.41) is 13.3. The number of nitrogens with zero attached hydrogens (tertiary/aromatic N) is 1. The van der Waals surface area contributed by atoms with Gasteiger partial charge in [0.05, 0.1) is 7.11 Å². The van der Waals surface area contributed by atoms with Gasteiger partial charge in [-0.05, 0) is 18.6 Å². The molecule has 3 N–H and O–H groups in total. The molecule has 2 amide bonds. The fourth-order valence-corrected chi connectivity index (χ4v) is 1.19. The maximum Gasteiger partial charge on any atom is 0.313 e. The van der Waals surface area contributed by atoms with E-state index >= 15 is 0 Å². The zero-order valence-corrected chi connectivity index (χ0v) is 9.97. The van der Waals surface area contributed by atoms with Crippen LogP contribution >= 0.6 is 0 Å². The highest BCUT2D eigenvalue weighted by atomic mass is 16.5. The number of rotatable bonds is 5. The molecule has 7 nitrogen and oxygen atoms in total. The average Bonchev–Trinajstić information content (AvgIpc) is 2.39. The molecule has 0 aromatic carbocycles. The molecule has 0 aliphatic heterocycles. The first-order valence-electron chi connectivity index (χ1n) is 5.38. The van der Waals surface area contributed by atoms with Crippen LogP contribution in [0.4, 0.5) is 5.69 Å². The standard InChI is InChI=1S/C11H15N3O4/c1-18-11-8(4-2-5-13-11)14-10(17)9(16)12-6-3-7-15/h2,4-5,15H,3,6-7H2,1H3,(H,12,16)(H,14,17). The number of methoxy groups -OCH3 is 1. The van der Waals surface area contributed by atoms with Crippen molar-refractivity contribution in [2.75, 3.05) is 25.6 Å². The van der Waals surface area contributed by atoms with E-state index < -0.39 is 11.8 Å². The van der Waals surface area contributed by atoms with E-state index in [2.05, 4.69) is 15.6 Å². The third-order valence-electron chi connectivity index (χ3n) is 2.04. The van der Waals surface area contributed by atoms with Crippen molar-refractivity contribution in [2.45, 2.75) is 6.42 Å². The maximum absolute atomic E-state index is 11.5. The maximum atomic E-state index is 11.5. The summed E-state index contributed by atoms with van der Waals surface area (Å²) in [4.78, 5) is 26.7. The Bertz CT molecular complexity index is 423. The molecule has 0 bridgehead atoms. The van der Waals surface area contributed by atoms with Gasteiger partial charge in [0.15, 0.2) is 0 Å². The van der Waals surface area contributed by atoms with E-state index in [-0.39, 0.29) is 19.0 Å². The summed E-state index contributed by atoms with van der Waals surface area (Å²) in [6.45, 7) is 0.200. The molecule has 1 aromatic rings. The number of pyridine rings is 1. The first-order valence-corrected chi connectivity index (χ1v) is 5.38. The van der Waals surface area contributed by atoms with Crippen molar-refractivity contribution in [3.63, 3.8) is 0 Å². The van der Waals surface area contributed by atoms with Crippen molar-refractivity contribution in [1.82, 2.24) is 10.3 Å². The summed E-state index contributed by atoms with van der Waals surface area (Å²) in [6.07, 6.45) is 1.91. The van der Waals surface area contributed by atoms with Gasteiger partial charge in [-0.25, -0.2) is 4.98 Å². The largest absolute Gasteiger partial charge is 0.480 e. The Hall–Kier alpha value is -2.15. The van der Waals surface area contributed by atoms with E-state index in [0.29, 0.717) is 12.1 Å². The Kier molecular flexibility index (Phi) is 5.59. The number of ether oxygens (including phenoxy) is 1. The summed E-state index contributed by atoms with van der Waals surface area (Å²) >= 11 is 0. The van der Waals surface area contributed by atoms with Gasteiger partial charge in [0.25, 0.3) is 0 Å². The van der Waals surface area contributed by atoms with Crippen LogP contribution in [-0.2, 0) is 9.59 Å². The molecular formula is C11H15N3O4. The SMILES string of the molecule is COc1ncccc1NC(=O)C(=O)NCCCO. The second kappa shape index (κ2) is 7.23. The van der Waals surface area contributed by atoms with Crippen molar-refractivity contribution in [3.8, 4) is 5.88 Å². The Morgan fingerprint density at radius 1 is 1.44 bits per heavy atom. The van der Waals surface area contributed by atoms with Crippen molar-refractivity contribution < 1.29 is 19.4 Å². The highest BCUT2D eigenvalue weighted by Gasteiger charge is 2.15. The molecule has 18 heavy (non-hydrogen) atoms. The molecule has 7 heteroatoms. The van der Waals surface area contributed by atoms with Crippen molar-refractivity contribution in [2.24, 2.45) is 0 Å². The van der Waals surface area contributed by atoms with E-state index in [1.807, 2.05) is 0 Å². The lowest BCUT2D eigenvalue weighted by Crippen LogP contribution is -2.36. The van der Waals surface area contributed by atoms with E-state index in [1.54, 1.807) is 12.1 Å². The van der Waals surface area contributed by atoms with E-state index in [1.165, 1.54) is 13.3 Å². The fraction of sp³-hybridized carbons (Fsp3) is 0.364. The third kappa shape index (κ3) is 4.02. The Balaban J connectivity index is 2.55. The monoisotopic (exact) mass is 253 g/mol. The topological polar surface area (TPSA) is 101 Å². The zero-order chi connectivity index (χ0) is 13.4. The minimum absolute atomic E-state index is 0.0433. The summed E-state index contributed by atoms with van der Waals surface area (Å²) in [6, 6.07) is 3.19. The quantitative estimate of drug-likeness (QED) is 0.486. The van der Waals surface area contributed by atoms with Crippen LogP contribution in [0.5, 0.6) is 5.88 Å². The molecule has 1 aromatic heterocycles. The lowest BCUT2D eigenvalue weighted by Gasteiger charge is -2.08. The predicted molar refractivity (Wildman–Crippen MR) is 64.1 cm³/mol. The lowest BCUT2D eigenvalue weighted by molar-refractivity contribution is -0.136. The number of nitrogens with one attached hydrogen (secondary N) is 2. The third-order valence-corrected chi connectivity index (χ3v) is 2.04. The van der Waals surface area contributed by atoms with Crippen LogP contribution in [0.25, 0.3) is 0 Å². The van der Waals surface area contributed by atoms with Crippen LogP contribution in [0.15, 0.2) is 18.3 Å². The summed E-state index contributed by atoms with van der Waals surface area (Å²) in [7, 11) is 1.42. The number of carbonyl (C=O) groups is 2. The highest BCUT2D eigenvalue weighted by Crippen LogP contribution is 2.19. The molecule has 0 saturated heterocycles. The summed E-state index contributed by atoms with van der Waals surface area (Å²) in [5.74, 6) is -1.34. The first-order chi connectivity index (χ1) is 8.69. The smallest absolute Gasteiger partial charge is 0.313 e. The Labute approximate surface area is 104 Å². The van der Waals surface area contributed by atoms with Crippen LogP contribution in [0.1, 0.15) is 6.42 Å². The normalized spacial score (nSPS) is 9.67. The van der Waals surface area contributed by atoms with E-state index in [4.69, 9.17) is 9.84 Å². The predicted octanol–water partition coefficient (Wildman–Crippen LogP) is -0.473. The van der Waals surface area contributed by atoms with Gasteiger partial charge in [0.1, 0.15) is 5.69 Å². The lowest BCUT2D eigenvalue weighted by atomic mass is 10.3. The van der Waals surface area contributed by atoms with Crippen molar-refractivity contribution in [1.29, 1.82) is 0 Å². The minimum Gasteiger partial charge on any atom is -0.480 e. The van der Waals surface area contributed by atoms with Gasteiger partial charge in [-0.15, -0.1) is 0 Å². The van der Waals surface area contributed by atoms with Crippen LogP contribution in [0.3, 0.4) is 0 Å². The molecule has 0 radical (unpaired) electrons. The number of carbonyl (C=O) groups excluding carboxylic acids is 2. The fourth-order valence-electron chi connectivity index (χ4n) is 1.19. The van der Waals surface area contributed by atoms with Gasteiger partial charge >= 0.3 is 11.8 Å². The number of hydrogen-bond donors (Lipinski definition) is 3. The zero-order valence-electron chi connectivity index (χ0n) is 9.97. The van der Waals surface area contributed by atoms with Gasteiger partial charge in [-0.3, -0.25) is 9.59 Å². The van der Waals surface area contributed by atoms with Gasteiger partial charge < -0.3 is 20.5 Å². The van der Waals surface area contributed by atoms with Gasteiger partial charge in [-0.2, -0.15) is 0 Å². The van der Waals surface area contributed by atoms with Crippen LogP contribution < -0.4 is 15.4 Å². The molecule has 0 aliphatic carbocycles. The molecule has 1 rings (SSSR count). The van der Waals surface area contributed by atoms with Crippen LogP contribution in [0.2, 0.25) is 0 Å². The number of amides is 2. The van der Waals surface area contributed by atoms with Gasteiger partial charge in [0.2, 0.25) is 5.88 Å². The molecule has 0 aliphatic rings. The molecule has 0 unspecified atom stereocenters. The Morgan fingerprint density at radius 3 is 2.89 bits per heavy atom. The second-order valence-electron chi connectivity index (χ2n) is 3.35. The van der Waals surface area contributed by atoms with Crippen LogP contribution in [-0.4, -0.2) is 42.2 Å². The summed E-state index contributed by atoms with van der Waals surface area (Å²) < 4.78 is 4.93. The van der Waals surface area contributed by atoms with Crippen LogP contribution in [0, 0.1) is 0 Å². The van der Waals surface area contributed by atoms with Gasteiger partial charge in [-0.1, -0.05) is 0 Å². The first kappa shape index (κ1) is 13.9. The highest BCUT2D eigenvalue weighted by molar-refractivity contribution is 6.39. The number of aliphatic hydroxyl groups excluding tert-OH is 1. The number of aliphatic hydroxyl groups is 1. The molecule has 0 saturated carbocycles. The number of anilines is 1. The molecule has 0 spiro atoms. The summed E-state index contributed by atoms with van der Waals surface area (Å²) in [5.41, 5.74) is 0.322. The number of aromatic nitrogens is 1. The molecular weight excluding hydrogens is 238 g/mol. The Morgan fingerprint density at radius 2 is 2.22 bits per heavy atom. The second-order valence-corrected chi connectivity index (χ2v) is 3.35. The minimum atomic E-state index is -0.806. The molecule has 98 valence electrons. The number of hydrogen-bond acceptors (Lipinski definition) is 5. The molecule has 0 atom stereocenters. The molecule has 0 fully saturated rings. The van der Waals surface area contributed by atoms with Crippen molar-refractivity contribution >= 4 is 17.5 Å².